The van der Waals surface area contributed by atoms with E-state index in [-0.39, 0.29) is 6.10 Å². The molecule has 1 aliphatic carbocycles. The van der Waals surface area contributed by atoms with Crippen LogP contribution in [0.5, 0.6) is 0 Å². The predicted octanol–water partition coefficient (Wildman–Crippen LogP) is 0.639. The Morgan fingerprint density at radius 3 is 2.62 bits per heavy atom. The van der Waals surface area contributed by atoms with Gasteiger partial charge in [-0.1, -0.05) is 12.8 Å². The summed E-state index contributed by atoms with van der Waals surface area (Å²) in [7, 11) is 0. The first-order valence-electron chi connectivity index (χ1n) is 6.44. The summed E-state index contributed by atoms with van der Waals surface area (Å²) in [6.07, 6.45) is 4.96. The number of hydrogen-bond acceptors (Lipinski definition) is 4. The number of nitrogens with zero attached hydrogens (tertiary/aromatic N) is 1. The zero-order valence-corrected chi connectivity index (χ0v) is 9.94. The summed E-state index contributed by atoms with van der Waals surface area (Å²) in [6.45, 7) is 4.64. The third-order valence-corrected chi connectivity index (χ3v) is 3.40. The summed E-state index contributed by atoms with van der Waals surface area (Å²) in [6, 6.07) is 0. The van der Waals surface area contributed by atoms with Crippen molar-refractivity contribution in [3.05, 3.63) is 0 Å². The normalized spacial score (nSPS) is 26.1. The SMILES string of the molecule is O[C@@H](COC1CCCC1)CN1CCOCC1. The van der Waals surface area contributed by atoms with Crippen molar-refractivity contribution in [1.29, 1.82) is 0 Å². The second-order valence-electron chi connectivity index (χ2n) is 4.81. The van der Waals surface area contributed by atoms with Gasteiger partial charge in [-0.15, -0.1) is 0 Å². The van der Waals surface area contributed by atoms with Crippen molar-refractivity contribution in [2.45, 2.75) is 37.9 Å². The maximum atomic E-state index is 9.85. The molecule has 0 unspecified atom stereocenters. The third kappa shape index (κ3) is 4.01. The Labute approximate surface area is 97.5 Å². The number of β-amino-alcohol motifs (C(OH)–C–C–N with tert-alkyl or cyclic N) is 1. The molecule has 0 amide bonds. The summed E-state index contributed by atoms with van der Waals surface area (Å²) in [5.74, 6) is 0. The molecule has 0 spiro atoms. The number of ether oxygens (including phenoxy) is 2. The molecule has 4 heteroatoms. The first-order chi connectivity index (χ1) is 7.84. The molecule has 0 aromatic rings. The molecule has 16 heavy (non-hydrogen) atoms. The van der Waals surface area contributed by atoms with Gasteiger partial charge < -0.3 is 14.6 Å². The molecule has 1 atom stereocenters. The van der Waals surface area contributed by atoms with Gasteiger partial charge in [0, 0.05) is 19.6 Å². The van der Waals surface area contributed by atoms with E-state index < -0.39 is 0 Å². The molecule has 94 valence electrons. The summed E-state index contributed by atoms with van der Waals surface area (Å²) >= 11 is 0. The standard InChI is InChI=1S/C12H23NO3/c14-11(9-13-5-7-15-8-6-13)10-16-12-3-1-2-4-12/h11-12,14H,1-10H2/t11-/m1/s1. The quantitative estimate of drug-likeness (QED) is 0.751. The average molecular weight is 229 g/mol. The largest absolute Gasteiger partial charge is 0.389 e. The molecule has 2 fully saturated rings. The van der Waals surface area contributed by atoms with Crippen LogP contribution in [0.4, 0.5) is 0 Å². The van der Waals surface area contributed by atoms with E-state index in [1.165, 1.54) is 25.7 Å². The molecule has 0 radical (unpaired) electrons. The molecule has 1 heterocycles. The minimum absolute atomic E-state index is 0.348. The highest BCUT2D eigenvalue weighted by Gasteiger charge is 2.19. The smallest absolute Gasteiger partial charge is 0.0900 e. The lowest BCUT2D eigenvalue weighted by molar-refractivity contribution is -0.0341. The van der Waals surface area contributed by atoms with Gasteiger partial charge in [-0.05, 0) is 12.8 Å². The van der Waals surface area contributed by atoms with Crippen LogP contribution in [-0.2, 0) is 9.47 Å². The lowest BCUT2D eigenvalue weighted by atomic mass is 10.3. The lowest BCUT2D eigenvalue weighted by Gasteiger charge is -2.28. The maximum Gasteiger partial charge on any atom is 0.0900 e. The Bertz CT molecular complexity index is 189. The van der Waals surface area contributed by atoms with Crippen LogP contribution in [0.2, 0.25) is 0 Å². The van der Waals surface area contributed by atoms with Crippen molar-refractivity contribution in [2.24, 2.45) is 0 Å². The van der Waals surface area contributed by atoms with Crippen molar-refractivity contribution in [3.8, 4) is 0 Å². The van der Waals surface area contributed by atoms with Crippen LogP contribution >= 0.6 is 0 Å². The van der Waals surface area contributed by atoms with Gasteiger partial charge in [0.1, 0.15) is 0 Å². The fraction of sp³-hybridized carbons (Fsp3) is 1.00. The topological polar surface area (TPSA) is 41.9 Å². The Morgan fingerprint density at radius 1 is 1.25 bits per heavy atom. The van der Waals surface area contributed by atoms with Gasteiger partial charge >= 0.3 is 0 Å². The molecule has 2 aliphatic rings. The molecular formula is C12H23NO3. The molecule has 0 aromatic carbocycles. The molecule has 1 N–H and O–H groups in total. The van der Waals surface area contributed by atoms with Crippen LogP contribution in [0.15, 0.2) is 0 Å². The van der Waals surface area contributed by atoms with Gasteiger partial charge in [0.05, 0.1) is 32.0 Å². The highest BCUT2D eigenvalue weighted by atomic mass is 16.5. The van der Waals surface area contributed by atoms with Crippen LogP contribution < -0.4 is 0 Å². The van der Waals surface area contributed by atoms with Crippen molar-refractivity contribution >= 4 is 0 Å². The number of aliphatic hydroxyl groups is 1. The second kappa shape index (κ2) is 6.55. The number of morpholine rings is 1. The van der Waals surface area contributed by atoms with Crippen LogP contribution in [0, 0.1) is 0 Å². The molecule has 0 bridgehead atoms. The molecular weight excluding hydrogens is 206 g/mol. The van der Waals surface area contributed by atoms with Gasteiger partial charge in [-0.25, -0.2) is 0 Å². The van der Waals surface area contributed by atoms with Gasteiger partial charge in [-0.2, -0.15) is 0 Å². The second-order valence-corrected chi connectivity index (χ2v) is 4.81. The Kier molecular flexibility index (Phi) is 5.03. The summed E-state index contributed by atoms with van der Waals surface area (Å²) < 4.78 is 11.0. The Morgan fingerprint density at radius 2 is 1.94 bits per heavy atom. The Hall–Kier alpha value is -0.160. The molecule has 0 aromatic heterocycles. The first-order valence-corrected chi connectivity index (χ1v) is 6.44. The first kappa shape index (κ1) is 12.3. The lowest BCUT2D eigenvalue weighted by Crippen LogP contribution is -2.42. The fourth-order valence-corrected chi connectivity index (χ4v) is 2.44. The van der Waals surface area contributed by atoms with E-state index in [1.54, 1.807) is 0 Å². The number of rotatable bonds is 5. The van der Waals surface area contributed by atoms with Gasteiger partial charge in [0.25, 0.3) is 0 Å². The maximum absolute atomic E-state index is 9.85. The highest BCUT2D eigenvalue weighted by molar-refractivity contribution is 4.70. The van der Waals surface area contributed by atoms with E-state index >= 15 is 0 Å². The zero-order chi connectivity index (χ0) is 11.2. The Balaban J connectivity index is 1.57. The number of aliphatic hydroxyl groups excluding tert-OH is 1. The van der Waals surface area contributed by atoms with Crippen LogP contribution in [0.3, 0.4) is 0 Å². The zero-order valence-electron chi connectivity index (χ0n) is 9.94. The van der Waals surface area contributed by atoms with E-state index in [0.29, 0.717) is 12.7 Å². The van der Waals surface area contributed by atoms with Crippen LogP contribution in [0.1, 0.15) is 25.7 Å². The van der Waals surface area contributed by atoms with Gasteiger partial charge in [0.2, 0.25) is 0 Å². The van der Waals surface area contributed by atoms with E-state index in [1.807, 2.05) is 0 Å². The minimum atomic E-state index is -0.348. The highest BCUT2D eigenvalue weighted by Crippen LogP contribution is 2.20. The fourth-order valence-electron chi connectivity index (χ4n) is 2.44. The molecule has 2 rings (SSSR count). The summed E-state index contributed by atoms with van der Waals surface area (Å²) in [5.41, 5.74) is 0. The van der Waals surface area contributed by atoms with Crippen molar-refractivity contribution < 1.29 is 14.6 Å². The van der Waals surface area contributed by atoms with E-state index in [2.05, 4.69) is 4.90 Å². The summed E-state index contributed by atoms with van der Waals surface area (Å²) in [4.78, 5) is 2.24. The van der Waals surface area contributed by atoms with Crippen molar-refractivity contribution in [3.63, 3.8) is 0 Å². The molecule has 1 aliphatic heterocycles. The van der Waals surface area contributed by atoms with Crippen LogP contribution in [0.25, 0.3) is 0 Å². The summed E-state index contributed by atoms with van der Waals surface area (Å²) in [5, 5.41) is 9.85. The van der Waals surface area contributed by atoms with Crippen LogP contribution in [-0.4, -0.2) is 61.7 Å². The molecule has 1 saturated carbocycles. The van der Waals surface area contributed by atoms with Crippen molar-refractivity contribution in [2.75, 3.05) is 39.5 Å². The van der Waals surface area contributed by atoms with E-state index in [0.717, 1.165) is 32.8 Å². The molecule has 4 nitrogen and oxygen atoms in total. The number of hydrogen-bond donors (Lipinski definition) is 1. The average Bonchev–Trinajstić information content (AvgIpc) is 2.81. The monoisotopic (exact) mass is 229 g/mol. The predicted molar refractivity (Wildman–Crippen MR) is 61.5 cm³/mol. The van der Waals surface area contributed by atoms with E-state index in [4.69, 9.17) is 9.47 Å². The van der Waals surface area contributed by atoms with Crippen molar-refractivity contribution in [1.82, 2.24) is 4.90 Å². The minimum Gasteiger partial charge on any atom is -0.389 e. The van der Waals surface area contributed by atoms with E-state index in [9.17, 15) is 5.11 Å². The van der Waals surface area contributed by atoms with Gasteiger partial charge in [-0.3, -0.25) is 4.90 Å². The molecule has 1 saturated heterocycles. The van der Waals surface area contributed by atoms with Gasteiger partial charge in [0.15, 0.2) is 0 Å². The third-order valence-electron chi connectivity index (χ3n) is 3.40.